The molecule has 0 unspecified atom stereocenters. The summed E-state index contributed by atoms with van der Waals surface area (Å²) in [6.07, 6.45) is 3.60. The van der Waals surface area contributed by atoms with Crippen molar-refractivity contribution in [1.29, 1.82) is 0 Å². The lowest BCUT2D eigenvalue weighted by Crippen LogP contribution is -1.98. The van der Waals surface area contributed by atoms with Gasteiger partial charge in [-0.15, -0.1) is 12.4 Å². The van der Waals surface area contributed by atoms with Gasteiger partial charge in [-0.3, -0.25) is 4.79 Å². The first kappa shape index (κ1) is 14.2. The summed E-state index contributed by atoms with van der Waals surface area (Å²) < 4.78 is 5.36. The largest absolute Gasteiger partial charge is 0.492 e. The van der Waals surface area contributed by atoms with Crippen molar-refractivity contribution in [2.45, 2.75) is 19.8 Å². The van der Waals surface area contributed by atoms with Crippen molar-refractivity contribution >= 4 is 29.3 Å². The molecule has 1 rings (SSSR count). The summed E-state index contributed by atoms with van der Waals surface area (Å²) in [5, 5.41) is -0.551. The molecule has 0 aliphatic rings. The summed E-state index contributed by atoms with van der Waals surface area (Å²) in [5.41, 5.74) is 0.245. The molecule has 0 fully saturated rings. The van der Waals surface area contributed by atoms with Crippen LogP contribution in [0.2, 0.25) is 0 Å². The lowest BCUT2D eigenvalue weighted by Gasteiger charge is -2.04. The van der Waals surface area contributed by atoms with Gasteiger partial charge in [0.1, 0.15) is 11.4 Å². The highest BCUT2D eigenvalue weighted by Gasteiger charge is 2.02. The van der Waals surface area contributed by atoms with Gasteiger partial charge in [0.15, 0.2) is 0 Å². The molecule has 0 aliphatic carbocycles. The lowest BCUT2D eigenvalue weighted by atomic mass is 10.3. The van der Waals surface area contributed by atoms with E-state index in [4.69, 9.17) is 16.3 Å². The van der Waals surface area contributed by atoms with Crippen LogP contribution in [0.4, 0.5) is 0 Å². The third kappa shape index (κ3) is 5.00. The van der Waals surface area contributed by atoms with E-state index in [2.05, 4.69) is 11.9 Å². The summed E-state index contributed by atoms with van der Waals surface area (Å²) in [7, 11) is 0. The van der Waals surface area contributed by atoms with Crippen molar-refractivity contribution in [3.05, 3.63) is 24.0 Å². The molecular weight excluding hydrogens is 237 g/mol. The maximum Gasteiger partial charge on any atom is 0.270 e. The first-order chi connectivity index (χ1) is 6.74. The average molecular weight is 250 g/mol. The van der Waals surface area contributed by atoms with Crippen LogP contribution in [0.5, 0.6) is 5.75 Å². The number of unbranched alkanes of at least 4 members (excludes halogenated alkanes) is 1. The molecule has 15 heavy (non-hydrogen) atoms. The van der Waals surface area contributed by atoms with Crippen LogP contribution >= 0.6 is 24.0 Å². The fourth-order valence-corrected chi connectivity index (χ4v) is 1.03. The van der Waals surface area contributed by atoms with E-state index >= 15 is 0 Å². The van der Waals surface area contributed by atoms with E-state index in [1.165, 1.54) is 6.20 Å². The number of carbonyl (C=O) groups is 1. The number of nitrogens with zero attached hydrogens (tertiary/aromatic N) is 1. The third-order valence-corrected chi connectivity index (χ3v) is 1.90. The van der Waals surface area contributed by atoms with E-state index in [9.17, 15) is 4.79 Å². The Labute approximate surface area is 100 Å². The second-order valence-corrected chi connectivity index (χ2v) is 3.20. The fraction of sp³-hybridized carbons (Fsp3) is 0.400. The Morgan fingerprint density at radius 1 is 1.53 bits per heavy atom. The standard InChI is InChI=1S/C10H12ClNO2.ClH/c1-2-3-6-14-8-4-5-9(10(11)13)12-7-8;/h4-5,7H,2-3,6H2,1H3;1H. The van der Waals surface area contributed by atoms with Crippen LogP contribution in [0.1, 0.15) is 30.3 Å². The van der Waals surface area contributed by atoms with Gasteiger partial charge in [0, 0.05) is 0 Å². The number of aromatic nitrogens is 1. The number of ether oxygens (including phenoxy) is 1. The van der Waals surface area contributed by atoms with E-state index in [1.807, 2.05) is 0 Å². The minimum absolute atomic E-state index is 0. The van der Waals surface area contributed by atoms with Gasteiger partial charge in [0.05, 0.1) is 12.8 Å². The smallest absolute Gasteiger partial charge is 0.270 e. The first-order valence-corrected chi connectivity index (χ1v) is 4.90. The quantitative estimate of drug-likeness (QED) is 0.595. The highest BCUT2D eigenvalue weighted by Crippen LogP contribution is 2.10. The van der Waals surface area contributed by atoms with Gasteiger partial charge in [0.25, 0.3) is 5.24 Å². The highest BCUT2D eigenvalue weighted by molar-refractivity contribution is 6.67. The van der Waals surface area contributed by atoms with E-state index in [1.54, 1.807) is 12.1 Å². The van der Waals surface area contributed by atoms with E-state index < -0.39 is 5.24 Å². The maximum absolute atomic E-state index is 10.7. The Bertz CT molecular complexity index is 301. The van der Waals surface area contributed by atoms with Gasteiger partial charge >= 0.3 is 0 Å². The molecule has 3 nitrogen and oxygen atoms in total. The topological polar surface area (TPSA) is 39.2 Å². The summed E-state index contributed by atoms with van der Waals surface area (Å²) in [6.45, 7) is 2.77. The summed E-state index contributed by atoms with van der Waals surface area (Å²) >= 11 is 5.24. The normalized spacial score (nSPS) is 9.20. The van der Waals surface area contributed by atoms with Crippen LogP contribution in [0, 0.1) is 0 Å². The van der Waals surface area contributed by atoms with Crippen LogP contribution in [-0.4, -0.2) is 16.8 Å². The number of rotatable bonds is 5. The number of carbonyl (C=O) groups excluding carboxylic acids is 1. The van der Waals surface area contributed by atoms with Crippen LogP contribution in [0.15, 0.2) is 18.3 Å². The molecule has 0 atom stereocenters. The van der Waals surface area contributed by atoms with E-state index in [-0.39, 0.29) is 18.1 Å². The molecule has 1 aromatic rings. The molecule has 0 radical (unpaired) electrons. The Hall–Kier alpha value is -0.800. The zero-order valence-corrected chi connectivity index (χ0v) is 9.98. The minimum atomic E-state index is -0.551. The second-order valence-electron chi connectivity index (χ2n) is 2.85. The van der Waals surface area contributed by atoms with Crippen LogP contribution < -0.4 is 4.74 Å². The summed E-state index contributed by atoms with van der Waals surface area (Å²) in [4.78, 5) is 14.5. The molecule has 0 saturated heterocycles. The molecular formula is C10H13Cl2NO2. The molecule has 0 aliphatic heterocycles. The molecule has 0 amide bonds. The Balaban J connectivity index is 0.00000196. The molecule has 0 bridgehead atoms. The monoisotopic (exact) mass is 249 g/mol. The summed E-state index contributed by atoms with van der Waals surface area (Å²) in [6, 6.07) is 3.24. The fourth-order valence-electron chi connectivity index (χ4n) is 0.916. The third-order valence-electron chi connectivity index (χ3n) is 1.70. The van der Waals surface area contributed by atoms with Gasteiger partial charge in [-0.2, -0.15) is 0 Å². The first-order valence-electron chi connectivity index (χ1n) is 4.52. The lowest BCUT2D eigenvalue weighted by molar-refractivity contribution is 0.107. The number of hydrogen-bond donors (Lipinski definition) is 0. The van der Waals surface area contributed by atoms with Crippen molar-refractivity contribution in [2.24, 2.45) is 0 Å². The van der Waals surface area contributed by atoms with Crippen LogP contribution in [0.3, 0.4) is 0 Å². The van der Waals surface area contributed by atoms with Crippen molar-refractivity contribution < 1.29 is 9.53 Å². The summed E-state index contributed by atoms with van der Waals surface area (Å²) in [5.74, 6) is 0.667. The Morgan fingerprint density at radius 3 is 2.73 bits per heavy atom. The molecule has 1 heterocycles. The molecule has 5 heteroatoms. The Kier molecular flexibility index (Phi) is 7.09. The molecule has 0 aromatic carbocycles. The average Bonchev–Trinajstić information content (AvgIpc) is 2.19. The van der Waals surface area contributed by atoms with E-state index in [0.29, 0.717) is 12.4 Å². The molecule has 0 saturated carbocycles. The van der Waals surface area contributed by atoms with Crippen molar-refractivity contribution in [3.63, 3.8) is 0 Å². The highest BCUT2D eigenvalue weighted by atomic mass is 35.5. The van der Waals surface area contributed by atoms with Gasteiger partial charge < -0.3 is 4.74 Å². The maximum atomic E-state index is 10.7. The predicted octanol–water partition coefficient (Wildman–Crippen LogP) is 3.06. The van der Waals surface area contributed by atoms with Crippen molar-refractivity contribution in [3.8, 4) is 5.75 Å². The molecule has 1 aromatic heterocycles. The SMILES string of the molecule is CCCCOc1ccc(C(=O)Cl)nc1.Cl. The number of halogens is 2. The van der Waals surface area contributed by atoms with Crippen molar-refractivity contribution in [1.82, 2.24) is 4.98 Å². The van der Waals surface area contributed by atoms with Crippen LogP contribution in [-0.2, 0) is 0 Å². The second kappa shape index (κ2) is 7.49. The minimum Gasteiger partial charge on any atom is -0.492 e. The number of pyridine rings is 1. The van der Waals surface area contributed by atoms with Crippen molar-refractivity contribution in [2.75, 3.05) is 6.61 Å². The predicted molar refractivity (Wildman–Crippen MR) is 62.1 cm³/mol. The number of hydrogen-bond acceptors (Lipinski definition) is 3. The molecule has 0 N–H and O–H groups in total. The van der Waals surface area contributed by atoms with Gasteiger partial charge in [-0.05, 0) is 30.2 Å². The molecule has 84 valence electrons. The van der Waals surface area contributed by atoms with E-state index in [0.717, 1.165) is 12.8 Å². The zero-order valence-electron chi connectivity index (χ0n) is 8.40. The Morgan fingerprint density at radius 2 is 2.27 bits per heavy atom. The zero-order chi connectivity index (χ0) is 10.4. The molecule has 0 spiro atoms. The van der Waals surface area contributed by atoms with Gasteiger partial charge in [-0.25, -0.2) is 4.98 Å². The van der Waals surface area contributed by atoms with Gasteiger partial charge in [0.2, 0.25) is 0 Å². The van der Waals surface area contributed by atoms with Crippen LogP contribution in [0.25, 0.3) is 0 Å². The van der Waals surface area contributed by atoms with Gasteiger partial charge in [-0.1, -0.05) is 13.3 Å².